The van der Waals surface area contributed by atoms with Crippen molar-refractivity contribution in [2.24, 2.45) is 0 Å². The van der Waals surface area contributed by atoms with Crippen LogP contribution in [0.5, 0.6) is 0 Å². The lowest BCUT2D eigenvalue weighted by Crippen LogP contribution is -2.27. The van der Waals surface area contributed by atoms with Gasteiger partial charge in [0.1, 0.15) is 29.6 Å². The molecule has 5 rings (SSSR count). The first kappa shape index (κ1) is 20.6. The molecule has 0 saturated heterocycles. The van der Waals surface area contributed by atoms with Gasteiger partial charge in [0, 0.05) is 23.6 Å². The maximum absolute atomic E-state index is 13.2. The molecule has 1 amide bonds. The Hall–Kier alpha value is -4.33. The normalized spacial score (nSPS) is 13.7. The molecule has 0 aliphatic heterocycles. The van der Waals surface area contributed by atoms with Crippen molar-refractivity contribution in [3.63, 3.8) is 0 Å². The van der Waals surface area contributed by atoms with Crippen molar-refractivity contribution in [1.29, 1.82) is 0 Å². The van der Waals surface area contributed by atoms with Crippen molar-refractivity contribution in [2.75, 3.05) is 16.0 Å². The van der Waals surface area contributed by atoms with E-state index in [0.717, 1.165) is 24.1 Å². The zero-order valence-electron chi connectivity index (χ0n) is 17.6. The molecule has 1 aliphatic carbocycles. The van der Waals surface area contributed by atoms with Crippen LogP contribution in [0.2, 0.25) is 0 Å². The highest BCUT2D eigenvalue weighted by Gasteiger charge is 2.51. The number of pyridine rings is 1. The van der Waals surface area contributed by atoms with Crippen LogP contribution in [0.1, 0.15) is 18.4 Å². The number of halogens is 1. The largest absolute Gasteiger partial charge is 0.340 e. The highest BCUT2D eigenvalue weighted by atomic mass is 19.1. The number of amides is 1. The number of anilines is 5. The van der Waals surface area contributed by atoms with Gasteiger partial charge in [0.2, 0.25) is 5.91 Å². The Bertz CT molecular complexity index is 1260. The molecule has 1 saturated carbocycles. The van der Waals surface area contributed by atoms with Gasteiger partial charge in [-0.1, -0.05) is 18.2 Å². The van der Waals surface area contributed by atoms with Gasteiger partial charge in [-0.2, -0.15) is 0 Å². The van der Waals surface area contributed by atoms with Crippen LogP contribution in [0.25, 0.3) is 0 Å². The van der Waals surface area contributed by atoms with Gasteiger partial charge < -0.3 is 16.0 Å². The third-order valence-corrected chi connectivity index (χ3v) is 5.58. The molecule has 7 nitrogen and oxygen atoms in total. The summed E-state index contributed by atoms with van der Waals surface area (Å²) >= 11 is 0. The monoisotopic (exact) mass is 440 g/mol. The van der Waals surface area contributed by atoms with E-state index in [4.69, 9.17) is 0 Å². The lowest BCUT2D eigenvalue weighted by Gasteiger charge is -2.16. The number of nitrogens with zero attached hydrogens (tertiary/aromatic N) is 3. The predicted octanol–water partition coefficient (Wildman–Crippen LogP) is 5.17. The number of rotatable bonds is 7. The molecule has 0 spiro atoms. The Kier molecular flexibility index (Phi) is 5.40. The molecule has 1 aliphatic rings. The molecule has 0 bridgehead atoms. The zero-order valence-corrected chi connectivity index (χ0v) is 17.6. The van der Waals surface area contributed by atoms with Crippen molar-refractivity contribution in [3.8, 4) is 0 Å². The second kappa shape index (κ2) is 8.66. The van der Waals surface area contributed by atoms with Gasteiger partial charge in [-0.05, 0) is 66.9 Å². The second-order valence-corrected chi connectivity index (χ2v) is 7.87. The summed E-state index contributed by atoms with van der Waals surface area (Å²) in [5, 5.41) is 9.33. The first-order valence-electron chi connectivity index (χ1n) is 10.6. The van der Waals surface area contributed by atoms with E-state index in [2.05, 4.69) is 30.9 Å². The van der Waals surface area contributed by atoms with Crippen molar-refractivity contribution in [2.45, 2.75) is 18.3 Å². The van der Waals surface area contributed by atoms with E-state index in [0.29, 0.717) is 23.1 Å². The van der Waals surface area contributed by atoms with E-state index in [1.54, 1.807) is 24.4 Å². The SMILES string of the molecule is O=C(Nc1ccc(Nc2cc(Nc3ccccn3)ncn2)cc1)C1(c2ccc(F)cc2)CC1. The maximum atomic E-state index is 13.2. The highest BCUT2D eigenvalue weighted by molar-refractivity contribution is 6.01. The summed E-state index contributed by atoms with van der Waals surface area (Å²) in [6.45, 7) is 0. The molecular weight excluding hydrogens is 419 g/mol. The first-order chi connectivity index (χ1) is 16.1. The minimum absolute atomic E-state index is 0.0733. The standard InChI is InChI=1S/C25H21FN6O/c26-18-6-4-17(5-7-18)25(12-13-25)24(33)31-20-10-8-19(9-11-20)30-22-15-23(29-16-28-22)32-21-3-1-2-14-27-21/h1-11,14-16H,12-13H2,(H,31,33)(H2,27,28,29,30,32). The molecule has 8 heteroatoms. The summed E-state index contributed by atoms with van der Waals surface area (Å²) in [5.74, 6) is 1.55. The van der Waals surface area contributed by atoms with Crippen LogP contribution >= 0.6 is 0 Å². The molecule has 3 N–H and O–H groups in total. The van der Waals surface area contributed by atoms with Crippen molar-refractivity contribution in [1.82, 2.24) is 15.0 Å². The first-order valence-corrected chi connectivity index (χ1v) is 10.6. The quantitative estimate of drug-likeness (QED) is 0.367. The molecule has 2 aromatic carbocycles. The highest BCUT2D eigenvalue weighted by Crippen LogP contribution is 2.49. The van der Waals surface area contributed by atoms with E-state index in [9.17, 15) is 9.18 Å². The number of aromatic nitrogens is 3. The van der Waals surface area contributed by atoms with E-state index in [-0.39, 0.29) is 11.7 Å². The van der Waals surface area contributed by atoms with Gasteiger partial charge in [0.15, 0.2) is 0 Å². The van der Waals surface area contributed by atoms with E-state index in [1.165, 1.54) is 18.5 Å². The molecule has 2 aromatic heterocycles. The van der Waals surface area contributed by atoms with E-state index in [1.807, 2.05) is 42.5 Å². The van der Waals surface area contributed by atoms with Crippen LogP contribution < -0.4 is 16.0 Å². The van der Waals surface area contributed by atoms with Gasteiger partial charge >= 0.3 is 0 Å². The van der Waals surface area contributed by atoms with E-state index < -0.39 is 5.41 Å². The average Bonchev–Trinajstić information content (AvgIpc) is 3.64. The Morgan fingerprint density at radius 3 is 2.15 bits per heavy atom. The molecule has 0 radical (unpaired) electrons. The minimum atomic E-state index is -0.567. The van der Waals surface area contributed by atoms with Crippen molar-refractivity contribution in [3.05, 3.63) is 96.7 Å². The Balaban J connectivity index is 1.23. The fourth-order valence-corrected chi connectivity index (χ4v) is 3.64. The van der Waals surface area contributed by atoms with E-state index >= 15 is 0 Å². The number of nitrogens with one attached hydrogen (secondary N) is 3. The summed E-state index contributed by atoms with van der Waals surface area (Å²) < 4.78 is 13.2. The molecule has 0 atom stereocenters. The third-order valence-electron chi connectivity index (χ3n) is 5.58. The number of carbonyl (C=O) groups is 1. The summed E-state index contributed by atoms with van der Waals surface area (Å²) in [7, 11) is 0. The molecule has 2 heterocycles. The second-order valence-electron chi connectivity index (χ2n) is 7.87. The topological polar surface area (TPSA) is 91.8 Å². The van der Waals surface area contributed by atoms with Crippen LogP contribution in [-0.4, -0.2) is 20.9 Å². The van der Waals surface area contributed by atoms with Gasteiger partial charge in [-0.15, -0.1) is 0 Å². The third kappa shape index (κ3) is 4.64. The molecule has 0 unspecified atom stereocenters. The number of benzene rings is 2. The zero-order chi connectivity index (χ0) is 22.7. The molecule has 164 valence electrons. The summed E-state index contributed by atoms with van der Waals surface area (Å²) in [6.07, 6.45) is 4.68. The number of carbonyl (C=O) groups excluding carboxylic acids is 1. The summed E-state index contributed by atoms with van der Waals surface area (Å²) in [6, 6.07) is 20.9. The minimum Gasteiger partial charge on any atom is -0.340 e. The summed E-state index contributed by atoms with van der Waals surface area (Å²) in [4.78, 5) is 25.6. The fraction of sp³-hybridized carbons (Fsp3) is 0.120. The van der Waals surface area contributed by atoms with Crippen LogP contribution in [0.3, 0.4) is 0 Å². The van der Waals surface area contributed by atoms with Gasteiger partial charge in [0.25, 0.3) is 0 Å². The Morgan fingerprint density at radius 1 is 0.788 bits per heavy atom. The molecule has 33 heavy (non-hydrogen) atoms. The number of hydrogen-bond acceptors (Lipinski definition) is 6. The predicted molar refractivity (Wildman–Crippen MR) is 125 cm³/mol. The molecule has 4 aromatic rings. The molecular formula is C25H21FN6O. The van der Waals surface area contributed by atoms with Crippen molar-refractivity contribution < 1.29 is 9.18 Å². The number of hydrogen-bond donors (Lipinski definition) is 3. The lowest BCUT2D eigenvalue weighted by atomic mass is 9.95. The maximum Gasteiger partial charge on any atom is 0.235 e. The van der Waals surface area contributed by atoms with Crippen LogP contribution in [0.15, 0.2) is 85.3 Å². The molecule has 1 fully saturated rings. The van der Waals surface area contributed by atoms with Gasteiger partial charge in [-0.25, -0.2) is 19.3 Å². The van der Waals surface area contributed by atoms with Crippen molar-refractivity contribution >= 4 is 34.7 Å². The van der Waals surface area contributed by atoms with Crippen LogP contribution in [-0.2, 0) is 10.2 Å². The Labute approximate surface area is 190 Å². The average molecular weight is 440 g/mol. The smallest absolute Gasteiger partial charge is 0.235 e. The van der Waals surface area contributed by atoms with Crippen LogP contribution in [0.4, 0.5) is 33.2 Å². The summed E-state index contributed by atoms with van der Waals surface area (Å²) in [5.41, 5.74) is 1.79. The Morgan fingerprint density at radius 2 is 1.48 bits per heavy atom. The van der Waals surface area contributed by atoms with Gasteiger partial charge in [0.05, 0.1) is 5.41 Å². The van der Waals surface area contributed by atoms with Gasteiger partial charge in [-0.3, -0.25) is 4.79 Å². The van der Waals surface area contributed by atoms with Crippen LogP contribution in [0, 0.1) is 5.82 Å². The lowest BCUT2D eigenvalue weighted by molar-refractivity contribution is -0.118. The fourth-order valence-electron chi connectivity index (χ4n) is 3.64.